The van der Waals surface area contributed by atoms with Crippen LogP contribution in [-0.4, -0.2) is 27.3 Å². The number of pyridine rings is 1. The Kier molecular flexibility index (Phi) is 3.16. The molecule has 4 aromatic rings. The highest BCUT2D eigenvalue weighted by Crippen LogP contribution is 2.32. The first-order valence-corrected chi connectivity index (χ1v) is 7.99. The minimum absolute atomic E-state index is 0.726. The molecule has 2 N–H and O–H groups in total. The zero-order chi connectivity index (χ0) is 16.0. The Labute approximate surface area is 136 Å². The Hall–Kier alpha value is -2.67. The molecule has 0 unspecified atom stereocenters. The fourth-order valence-corrected chi connectivity index (χ4v) is 3.33. The number of rotatable bonds is 3. The molecule has 7 heteroatoms. The summed E-state index contributed by atoms with van der Waals surface area (Å²) in [5, 5.41) is 13.3. The highest BCUT2D eigenvalue weighted by molar-refractivity contribution is 7.15. The van der Waals surface area contributed by atoms with E-state index in [0.717, 1.165) is 44.2 Å². The molecule has 0 aliphatic rings. The van der Waals surface area contributed by atoms with Gasteiger partial charge >= 0.3 is 0 Å². The maximum Gasteiger partial charge on any atom is 0.188 e. The van der Waals surface area contributed by atoms with E-state index in [4.69, 9.17) is 9.72 Å². The Balaban J connectivity index is 1.90. The lowest BCUT2D eigenvalue weighted by Gasteiger charge is -2.07. The predicted octanol–water partition coefficient (Wildman–Crippen LogP) is 3.94. The second kappa shape index (κ2) is 5.20. The van der Waals surface area contributed by atoms with Gasteiger partial charge in [-0.25, -0.2) is 9.97 Å². The molecule has 0 fully saturated rings. The molecule has 3 heterocycles. The number of fused-ring (bicyclic) bond motifs is 3. The zero-order valence-corrected chi connectivity index (χ0v) is 13.8. The fourth-order valence-electron chi connectivity index (χ4n) is 2.52. The van der Waals surface area contributed by atoms with Crippen molar-refractivity contribution in [1.29, 1.82) is 0 Å². The summed E-state index contributed by atoms with van der Waals surface area (Å²) in [6, 6.07) is 5.83. The second-order valence-corrected chi connectivity index (χ2v) is 6.49. The van der Waals surface area contributed by atoms with Gasteiger partial charge in [0, 0.05) is 15.6 Å². The molecular weight excluding hydrogens is 310 g/mol. The van der Waals surface area contributed by atoms with Crippen LogP contribution in [0.15, 0.2) is 24.4 Å². The van der Waals surface area contributed by atoms with Gasteiger partial charge in [0.15, 0.2) is 10.9 Å². The van der Waals surface area contributed by atoms with E-state index in [0.29, 0.717) is 0 Å². The van der Waals surface area contributed by atoms with Gasteiger partial charge in [-0.2, -0.15) is 5.10 Å². The summed E-state index contributed by atoms with van der Waals surface area (Å²) >= 11 is 1.62. The molecule has 0 atom stereocenters. The van der Waals surface area contributed by atoms with Crippen LogP contribution in [0.25, 0.3) is 21.8 Å². The number of aromatic nitrogens is 4. The number of nitrogens with one attached hydrogen (secondary N) is 2. The van der Waals surface area contributed by atoms with E-state index in [1.165, 1.54) is 4.88 Å². The summed E-state index contributed by atoms with van der Waals surface area (Å²) < 4.78 is 5.31. The van der Waals surface area contributed by atoms with Crippen LogP contribution in [0.2, 0.25) is 0 Å². The molecule has 0 radical (unpaired) electrons. The molecule has 0 spiro atoms. The van der Waals surface area contributed by atoms with Crippen molar-refractivity contribution >= 4 is 44.1 Å². The van der Waals surface area contributed by atoms with E-state index >= 15 is 0 Å². The van der Waals surface area contributed by atoms with Gasteiger partial charge < -0.3 is 10.1 Å². The van der Waals surface area contributed by atoms with Crippen molar-refractivity contribution in [2.45, 2.75) is 13.8 Å². The largest absolute Gasteiger partial charge is 0.497 e. The van der Waals surface area contributed by atoms with Crippen molar-refractivity contribution in [2.75, 3.05) is 12.4 Å². The Morgan fingerprint density at radius 1 is 1.17 bits per heavy atom. The molecule has 23 heavy (non-hydrogen) atoms. The number of benzene rings is 1. The van der Waals surface area contributed by atoms with Gasteiger partial charge in [-0.05, 0) is 32.0 Å². The molecule has 0 saturated heterocycles. The lowest BCUT2D eigenvalue weighted by molar-refractivity contribution is 0.415. The smallest absolute Gasteiger partial charge is 0.188 e. The summed E-state index contributed by atoms with van der Waals surface area (Å²) in [4.78, 5) is 10.4. The third-order valence-corrected chi connectivity index (χ3v) is 4.84. The molecule has 0 amide bonds. The van der Waals surface area contributed by atoms with Gasteiger partial charge in [-0.15, -0.1) is 11.3 Å². The first-order valence-electron chi connectivity index (χ1n) is 7.17. The van der Waals surface area contributed by atoms with Gasteiger partial charge in [-0.3, -0.25) is 5.10 Å². The maximum atomic E-state index is 5.31. The highest BCUT2D eigenvalue weighted by atomic mass is 32.1. The normalized spacial score (nSPS) is 11.3. The quantitative estimate of drug-likeness (QED) is 0.597. The number of anilines is 2. The molecule has 3 aromatic heterocycles. The van der Waals surface area contributed by atoms with Gasteiger partial charge in [0.1, 0.15) is 11.3 Å². The molecule has 0 saturated carbocycles. The third-order valence-electron chi connectivity index (χ3n) is 3.86. The van der Waals surface area contributed by atoms with Crippen molar-refractivity contribution in [1.82, 2.24) is 20.2 Å². The van der Waals surface area contributed by atoms with Crippen LogP contribution in [0.5, 0.6) is 5.75 Å². The van der Waals surface area contributed by atoms with E-state index < -0.39 is 0 Å². The number of ether oxygens (including phenoxy) is 1. The van der Waals surface area contributed by atoms with E-state index in [-0.39, 0.29) is 0 Å². The molecule has 1 aromatic carbocycles. The van der Waals surface area contributed by atoms with E-state index in [2.05, 4.69) is 27.4 Å². The number of hydrogen-bond donors (Lipinski definition) is 2. The van der Waals surface area contributed by atoms with Crippen molar-refractivity contribution in [3.63, 3.8) is 0 Å². The highest BCUT2D eigenvalue weighted by Gasteiger charge is 2.13. The van der Waals surface area contributed by atoms with Gasteiger partial charge in [0.05, 0.1) is 24.5 Å². The molecule has 4 rings (SSSR count). The number of aryl methyl sites for hydroxylation is 2. The first kappa shape index (κ1) is 14.0. The van der Waals surface area contributed by atoms with Crippen LogP contribution in [0.3, 0.4) is 0 Å². The molecular formula is C16H15N5OS. The Bertz CT molecular complexity index is 1000. The Morgan fingerprint density at radius 3 is 2.78 bits per heavy atom. The Morgan fingerprint density at radius 2 is 2.04 bits per heavy atom. The van der Waals surface area contributed by atoms with Crippen LogP contribution in [0.1, 0.15) is 10.6 Å². The summed E-state index contributed by atoms with van der Waals surface area (Å²) in [7, 11) is 1.66. The first-order chi connectivity index (χ1) is 11.2. The second-order valence-electron chi connectivity index (χ2n) is 5.29. The number of methoxy groups -OCH3 is 1. The maximum absolute atomic E-state index is 5.31. The number of nitrogens with zero attached hydrogens (tertiary/aromatic N) is 3. The lowest BCUT2D eigenvalue weighted by Crippen LogP contribution is -1.96. The topological polar surface area (TPSA) is 75.7 Å². The minimum Gasteiger partial charge on any atom is -0.497 e. The van der Waals surface area contributed by atoms with E-state index in [1.54, 1.807) is 18.4 Å². The van der Waals surface area contributed by atoms with Crippen molar-refractivity contribution in [3.05, 3.63) is 35.0 Å². The predicted molar refractivity (Wildman–Crippen MR) is 92.8 cm³/mol. The van der Waals surface area contributed by atoms with Crippen molar-refractivity contribution in [2.24, 2.45) is 0 Å². The molecule has 6 nitrogen and oxygen atoms in total. The minimum atomic E-state index is 0.726. The summed E-state index contributed by atoms with van der Waals surface area (Å²) in [5.74, 6) is 1.53. The monoisotopic (exact) mass is 325 g/mol. The SMILES string of the molecule is COc1ccc2nc(Nc3nc(C)c(C)s3)c3[nH]ncc3c2c1. The summed E-state index contributed by atoms with van der Waals surface area (Å²) in [6.07, 6.45) is 1.81. The molecule has 0 bridgehead atoms. The van der Waals surface area contributed by atoms with Crippen LogP contribution in [0.4, 0.5) is 10.9 Å². The number of aromatic amines is 1. The fraction of sp³-hybridized carbons (Fsp3) is 0.188. The average Bonchev–Trinajstić information content (AvgIpc) is 3.15. The third kappa shape index (κ3) is 2.29. The number of H-pyrrole nitrogens is 1. The van der Waals surface area contributed by atoms with Gasteiger partial charge in [0.2, 0.25) is 0 Å². The van der Waals surface area contributed by atoms with Crippen LogP contribution >= 0.6 is 11.3 Å². The van der Waals surface area contributed by atoms with E-state index in [9.17, 15) is 0 Å². The van der Waals surface area contributed by atoms with Crippen molar-refractivity contribution in [3.8, 4) is 5.75 Å². The molecule has 0 aliphatic heterocycles. The summed E-state index contributed by atoms with van der Waals surface area (Å²) in [6.45, 7) is 4.06. The zero-order valence-electron chi connectivity index (χ0n) is 13.0. The number of thiazole rings is 1. The summed E-state index contributed by atoms with van der Waals surface area (Å²) in [5.41, 5.74) is 2.77. The average molecular weight is 325 g/mol. The van der Waals surface area contributed by atoms with Crippen molar-refractivity contribution < 1.29 is 4.74 Å². The van der Waals surface area contributed by atoms with Gasteiger partial charge in [0.25, 0.3) is 0 Å². The lowest BCUT2D eigenvalue weighted by atomic mass is 10.1. The van der Waals surface area contributed by atoms with E-state index in [1.807, 2.05) is 31.3 Å². The van der Waals surface area contributed by atoms with Crippen LogP contribution in [-0.2, 0) is 0 Å². The standard InChI is InChI=1S/C16H15N5OS/c1-8-9(2)23-16(18-8)20-15-14-12(7-17-21-14)11-6-10(22-3)4-5-13(11)19-15/h4-7H,1-3H3,(H,17,21)(H,18,19,20). The molecule has 116 valence electrons. The number of hydrogen-bond acceptors (Lipinski definition) is 6. The molecule has 0 aliphatic carbocycles. The van der Waals surface area contributed by atoms with Crippen LogP contribution in [0, 0.1) is 13.8 Å². The van der Waals surface area contributed by atoms with Gasteiger partial charge in [-0.1, -0.05) is 0 Å². The van der Waals surface area contributed by atoms with Crippen LogP contribution < -0.4 is 10.1 Å².